The number of hydrogen-bond donors (Lipinski definition) is 0. The highest BCUT2D eigenvalue weighted by Crippen LogP contribution is 2.49. The number of fused-ring (bicyclic) bond motifs is 11. The van der Waals surface area contributed by atoms with Crippen molar-refractivity contribution in [2.45, 2.75) is 0 Å². The zero-order valence-electron chi connectivity index (χ0n) is 27.6. The van der Waals surface area contributed by atoms with Gasteiger partial charge in [0.1, 0.15) is 0 Å². The van der Waals surface area contributed by atoms with Crippen molar-refractivity contribution in [3.8, 4) is 5.69 Å². The highest BCUT2D eigenvalue weighted by Gasteiger charge is 2.24. The van der Waals surface area contributed by atoms with Gasteiger partial charge in [-0.25, -0.2) is 0 Å². The summed E-state index contributed by atoms with van der Waals surface area (Å²) in [6.45, 7) is 0. The average molecular weight is 667 g/mol. The predicted molar refractivity (Wildman–Crippen MR) is 221 cm³/mol. The summed E-state index contributed by atoms with van der Waals surface area (Å²) in [7, 11) is 0. The Labute approximate surface area is 298 Å². The van der Waals surface area contributed by atoms with Crippen molar-refractivity contribution in [3.63, 3.8) is 0 Å². The van der Waals surface area contributed by atoms with Gasteiger partial charge >= 0.3 is 0 Å². The SMILES string of the molecule is c1ccc(-n2c3ccccc3c3cccc(N(c4ccc5c(c4)sc4ccccc45)c4cc5ccccc5c5ccc6ccccc6c45)c32)cc1. The lowest BCUT2D eigenvalue weighted by Gasteiger charge is -2.29. The molecule has 11 aromatic rings. The van der Waals surface area contributed by atoms with Crippen LogP contribution in [0.2, 0.25) is 0 Å². The largest absolute Gasteiger partial charge is 0.308 e. The Balaban J connectivity index is 1.33. The van der Waals surface area contributed by atoms with Crippen LogP contribution in [0.5, 0.6) is 0 Å². The molecule has 0 unspecified atom stereocenters. The fourth-order valence-corrected chi connectivity index (χ4v) is 9.46. The first-order chi connectivity index (χ1) is 25.3. The molecule has 11 rings (SSSR count). The van der Waals surface area contributed by atoms with Crippen molar-refractivity contribution in [2.75, 3.05) is 4.90 Å². The number of rotatable bonds is 4. The number of para-hydroxylation sites is 3. The zero-order chi connectivity index (χ0) is 33.5. The summed E-state index contributed by atoms with van der Waals surface area (Å²) >= 11 is 1.87. The molecule has 0 fully saturated rings. The van der Waals surface area contributed by atoms with E-state index in [-0.39, 0.29) is 0 Å². The van der Waals surface area contributed by atoms with E-state index in [0.717, 1.165) is 17.1 Å². The third kappa shape index (κ3) is 4.22. The molecule has 2 heterocycles. The van der Waals surface area contributed by atoms with Gasteiger partial charge in [-0.15, -0.1) is 11.3 Å². The van der Waals surface area contributed by atoms with Gasteiger partial charge in [0.2, 0.25) is 0 Å². The van der Waals surface area contributed by atoms with E-state index >= 15 is 0 Å². The fourth-order valence-electron chi connectivity index (χ4n) is 8.32. The molecule has 2 aromatic heterocycles. The van der Waals surface area contributed by atoms with E-state index in [1.807, 2.05) is 11.3 Å². The lowest BCUT2D eigenvalue weighted by Crippen LogP contribution is -2.12. The minimum Gasteiger partial charge on any atom is -0.308 e. The summed E-state index contributed by atoms with van der Waals surface area (Å²) in [5.74, 6) is 0. The van der Waals surface area contributed by atoms with Crippen LogP contribution in [0.1, 0.15) is 0 Å². The van der Waals surface area contributed by atoms with Crippen molar-refractivity contribution < 1.29 is 0 Å². The van der Waals surface area contributed by atoms with Gasteiger partial charge in [0.05, 0.1) is 22.4 Å². The fraction of sp³-hybridized carbons (Fsp3) is 0. The summed E-state index contributed by atoms with van der Waals surface area (Å²) in [4.78, 5) is 2.53. The van der Waals surface area contributed by atoms with E-state index in [4.69, 9.17) is 0 Å². The van der Waals surface area contributed by atoms with Gasteiger partial charge in [0.15, 0.2) is 0 Å². The van der Waals surface area contributed by atoms with Gasteiger partial charge in [-0.2, -0.15) is 0 Å². The van der Waals surface area contributed by atoms with Crippen LogP contribution in [-0.4, -0.2) is 4.57 Å². The van der Waals surface area contributed by atoms with Crippen LogP contribution in [-0.2, 0) is 0 Å². The summed E-state index contributed by atoms with van der Waals surface area (Å²) < 4.78 is 5.04. The molecule has 0 saturated carbocycles. The van der Waals surface area contributed by atoms with Crippen LogP contribution in [0.15, 0.2) is 182 Å². The van der Waals surface area contributed by atoms with Crippen LogP contribution < -0.4 is 4.90 Å². The molecular weight excluding hydrogens is 637 g/mol. The highest BCUT2D eigenvalue weighted by atomic mass is 32.1. The number of benzene rings is 9. The topological polar surface area (TPSA) is 8.17 Å². The van der Waals surface area contributed by atoms with Gasteiger partial charge in [-0.1, -0.05) is 133 Å². The number of anilines is 3. The normalized spacial score (nSPS) is 11.9. The number of hydrogen-bond acceptors (Lipinski definition) is 2. The highest BCUT2D eigenvalue weighted by molar-refractivity contribution is 7.25. The molecule has 0 spiro atoms. The number of aromatic nitrogens is 1. The molecule has 0 saturated heterocycles. The molecular formula is C48H30N2S. The molecule has 9 aromatic carbocycles. The third-order valence-corrected chi connectivity index (χ3v) is 11.7. The molecule has 0 aliphatic heterocycles. The molecule has 0 bridgehead atoms. The van der Waals surface area contributed by atoms with E-state index in [1.54, 1.807) is 0 Å². The van der Waals surface area contributed by atoms with Crippen LogP contribution in [0.3, 0.4) is 0 Å². The van der Waals surface area contributed by atoms with Crippen LogP contribution in [0, 0.1) is 0 Å². The lowest BCUT2D eigenvalue weighted by molar-refractivity contribution is 1.17. The predicted octanol–water partition coefficient (Wildman–Crippen LogP) is 14.1. The van der Waals surface area contributed by atoms with Gasteiger partial charge < -0.3 is 9.47 Å². The van der Waals surface area contributed by atoms with Crippen LogP contribution in [0.4, 0.5) is 17.1 Å². The second-order valence-electron chi connectivity index (χ2n) is 13.3. The molecule has 0 radical (unpaired) electrons. The summed E-state index contributed by atoms with van der Waals surface area (Å²) in [5, 5.41) is 12.6. The van der Waals surface area contributed by atoms with E-state index in [1.165, 1.54) is 80.0 Å². The van der Waals surface area contributed by atoms with Crippen molar-refractivity contribution in [2.24, 2.45) is 0 Å². The van der Waals surface area contributed by atoms with Crippen LogP contribution in [0.25, 0.3) is 80.0 Å². The Morgan fingerprint density at radius 2 is 1.06 bits per heavy atom. The number of nitrogens with zero attached hydrogens (tertiary/aromatic N) is 2. The Morgan fingerprint density at radius 1 is 0.392 bits per heavy atom. The average Bonchev–Trinajstić information content (AvgIpc) is 3.74. The minimum atomic E-state index is 1.14. The first-order valence-corrected chi connectivity index (χ1v) is 18.3. The molecule has 2 nitrogen and oxygen atoms in total. The molecule has 0 aliphatic carbocycles. The monoisotopic (exact) mass is 666 g/mol. The second-order valence-corrected chi connectivity index (χ2v) is 14.4. The van der Waals surface area contributed by atoms with Crippen molar-refractivity contribution >= 4 is 103 Å². The van der Waals surface area contributed by atoms with Crippen molar-refractivity contribution in [1.29, 1.82) is 0 Å². The van der Waals surface area contributed by atoms with E-state index in [2.05, 4.69) is 191 Å². The molecule has 0 N–H and O–H groups in total. The van der Waals surface area contributed by atoms with Crippen molar-refractivity contribution in [1.82, 2.24) is 4.57 Å². The molecule has 0 amide bonds. The Hall–Kier alpha value is -6.42. The molecule has 3 heteroatoms. The zero-order valence-corrected chi connectivity index (χ0v) is 28.4. The van der Waals surface area contributed by atoms with E-state index < -0.39 is 0 Å². The summed E-state index contributed by atoms with van der Waals surface area (Å²) in [6, 6.07) is 66.9. The smallest absolute Gasteiger partial charge is 0.0782 e. The minimum absolute atomic E-state index is 1.14. The van der Waals surface area contributed by atoms with Gasteiger partial charge in [-0.05, 0) is 75.5 Å². The van der Waals surface area contributed by atoms with Crippen molar-refractivity contribution in [3.05, 3.63) is 182 Å². The van der Waals surface area contributed by atoms with E-state index in [0.29, 0.717) is 0 Å². The van der Waals surface area contributed by atoms with Gasteiger partial charge in [0, 0.05) is 47.7 Å². The quantitative estimate of drug-likeness (QED) is 0.170. The molecule has 0 aliphatic rings. The first kappa shape index (κ1) is 28.4. The molecule has 238 valence electrons. The Morgan fingerprint density at radius 3 is 1.94 bits per heavy atom. The molecule has 51 heavy (non-hydrogen) atoms. The lowest BCUT2D eigenvalue weighted by atomic mass is 9.94. The summed E-state index contributed by atoms with van der Waals surface area (Å²) in [6.07, 6.45) is 0. The van der Waals surface area contributed by atoms with Gasteiger partial charge in [0.25, 0.3) is 0 Å². The molecule has 0 atom stereocenters. The standard InChI is InChI=1S/C48H30N2S/c1-2-15-33(16-3-1)50-42-22-10-8-19-37(42)41-21-12-23-43(48(41)50)49(34-26-28-39-38-20-9-11-24-45(38)51-46(39)30-34)44-29-32-14-5-6-17-35(32)40-27-25-31-13-4-7-18-36(31)47(40)44/h1-30H. The Kier molecular flexibility index (Phi) is 6.16. The Bertz CT molecular complexity index is 3150. The third-order valence-electron chi connectivity index (χ3n) is 10.5. The first-order valence-electron chi connectivity index (χ1n) is 17.4. The van der Waals surface area contributed by atoms with Gasteiger partial charge in [-0.3, -0.25) is 0 Å². The van der Waals surface area contributed by atoms with E-state index in [9.17, 15) is 0 Å². The maximum absolute atomic E-state index is 2.53. The maximum atomic E-state index is 2.53. The second kappa shape index (κ2) is 11.0. The van der Waals surface area contributed by atoms with Crippen LogP contribution >= 0.6 is 11.3 Å². The number of thiophene rings is 1. The maximum Gasteiger partial charge on any atom is 0.0782 e. The summed E-state index contributed by atoms with van der Waals surface area (Å²) in [5.41, 5.74) is 6.96.